The van der Waals surface area contributed by atoms with Gasteiger partial charge in [-0.05, 0) is 49.7 Å². The molecule has 3 rings (SSSR count). The zero-order valence-corrected chi connectivity index (χ0v) is 11.4. The maximum absolute atomic E-state index is 12.2. The molecule has 5 nitrogen and oxygen atoms in total. The summed E-state index contributed by atoms with van der Waals surface area (Å²) >= 11 is 1.57. The van der Waals surface area contributed by atoms with Crippen LogP contribution in [0.15, 0.2) is 11.2 Å². The fraction of sp³-hybridized carbons (Fsp3) is 0.538. The topological polar surface area (TPSA) is 87.7 Å². The van der Waals surface area contributed by atoms with Crippen molar-refractivity contribution in [2.75, 3.05) is 0 Å². The number of nitrogens with two attached hydrogens (primary N) is 1. The summed E-state index contributed by atoms with van der Waals surface area (Å²) in [5, 5.41) is 14.7. The first kappa shape index (κ1) is 12.5. The van der Waals surface area contributed by atoms with Gasteiger partial charge in [-0.15, -0.1) is 11.3 Å². The van der Waals surface area contributed by atoms with Crippen molar-refractivity contribution in [2.45, 2.75) is 38.1 Å². The Balaban J connectivity index is 1.72. The number of oxime groups is 1. The number of nitrogens with one attached hydrogen (secondary N) is 1. The van der Waals surface area contributed by atoms with Crippen molar-refractivity contribution in [1.29, 1.82) is 0 Å². The molecule has 1 amide bonds. The zero-order valence-electron chi connectivity index (χ0n) is 10.6. The molecular formula is C13H17N3O2S. The molecule has 0 saturated heterocycles. The van der Waals surface area contributed by atoms with Crippen molar-refractivity contribution in [3.8, 4) is 0 Å². The smallest absolute Gasteiger partial charge is 0.261 e. The molecule has 0 spiro atoms. The molecule has 1 aromatic rings. The Kier molecular flexibility index (Phi) is 3.18. The molecule has 4 N–H and O–H groups in total. The maximum Gasteiger partial charge on any atom is 0.261 e. The van der Waals surface area contributed by atoms with E-state index < -0.39 is 0 Å². The van der Waals surface area contributed by atoms with Gasteiger partial charge >= 0.3 is 0 Å². The van der Waals surface area contributed by atoms with Gasteiger partial charge < -0.3 is 16.3 Å². The summed E-state index contributed by atoms with van der Waals surface area (Å²) in [6, 6.07) is 1.65. The Hall–Kier alpha value is -1.56. The molecule has 1 atom stereocenters. The van der Waals surface area contributed by atoms with E-state index in [9.17, 15) is 4.79 Å². The Morgan fingerprint density at radius 2 is 2.32 bits per heavy atom. The van der Waals surface area contributed by atoms with E-state index >= 15 is 0 Å². The Labute approximate surface area is 115 Å². The maximum atomic E-state index is 12.2. The number of carbonyl (C=O) groups excluding carboxylic acids is 1. The molecule has 0 aliphatic heterocycles. The van der Waals surface area contributed by atoms with Gasteiger partial charge in [0.25, 0.3) is 5.91 Å². The molecule has 19 heavy (non-hydrogen) atoms. The van der Waals surface area contributed by atoms with Crippen LogP contribution in [0.25, 0.3) is 0 Å². The van der Waals surface area contributed by atoms with Crippen LogP contribution in [0.5, 0.6) is 0 Å². The van der Waals surface area contributed by atoms with Crippen molar-refractivity contribution in [1.82, 2.24) is 5.32 Å². The largest absolute Gasteiger partial charge is 0.409 e. The molecule has 1 aromatic heterocycles. The lowest BCUT2D eigenvalue weighted by Crippen LogP contribution is -2.45. The summed E-state index contributed by atoms with van der Waals surface area (Å²) in [4.78, 5) is 14.3. The van der Waals surface area contributed by atoms with Gasteiger partial charge in [0.05, 0.1) is 10.9 Å². The molecule has 102 valence electrons. The summed E-state index contributed by atoms with van der Waals surface area (Å²) in [6.07, 6.45) is 5.38. The molecule has 2 aliphatic carbocycles. The van der Waals surface area contributed by atoms with Crippen LogP contribution in [0.2, 0.25) is 0 Å². The van der Waals surface area contributed by atoms with Crippen LogP contribution < -0.4 is 11.1 Å². The summed E-state index contributed by atoms with van der Waals surface area (Å²) in [5.41, 5.74) is 6.95. The van der Waals surface area contributed by atoms with E-state index in [0.29, 0.717) is 5.92 Å². The minimum atomic E-state index is -0.338. The highest BCUT2D eigenvalue weighted by atomic mass is 32.1. The zero-order chi connectivity index (χ0) is 13.4. The molecule has 1 unspecified atom stereocenters. The minimum absolute atomic E-state index is 0.0972. The number of hydrogen-bond acceptors (Lipinski definition) is 4. The van der Waals surface area contributed by atoms with E-state index in [-0.39, 0.29) is 17.8 Å². The number of hydrogen-bond donors (Lipinski definition) is 3. The van der Waals surface area contributed by atoms with Crippen LogP contribution in [-0.4, -0.2) is 23.0 Å². The van der Waals surface area contributed by atoms with Gasteiger partial charge in [0.2, 0.25) is 0 Å². The molecule has 1 saturated carbocycles. The molecule has 2 aliphatic rings. The van der Waals surface area contributed by atoms with Crippen LogP contribution in [0.1, 0.15) is 39.4 Å². The van der Waals surface area contributed by atoms with E-state index in [1.165, 1.54) is 16.9 Å². The second-order valence-corrected chi connectivity index (χ2v) is 6.36. The predicted molar refractivity (Wildman–Crippen MR) is 73.7 cm³/mol. The third-order valence-corrected chi connectivity index (χ3v) is 5.02. The predicted octanol–water partition coefficient (Wildman–Crippen LogP) is 1.49. The van der Waals surface area contributed by atoms with Crippen LogP contribution in [-0.2, 0) is 12.8 Å². The number of fused-ring (bicyclic) bond motifs is 1. The van der Waals surface area contributed by atoms with Gasteiger partial charge in [0.15, 0.2) is 5.84 Å². The summed E-state index contributed by atoms with van der Waals surface area (Å²) in [5.74, 6) is 0.300. The number of amides is 1. The lowest BCUT2D eigenvalue weighted by Gasteiger charge is -2.15. The monoisotopic (exact) mass is 279 g/mol. The third-order valence-electron chi connectivity index (χ3n) is 3.78. The molecule has 0 radical (unpaired) electrons. The van der Waals surface area contributed by atoms with Gasteiger partial charge in [-0.25, -0.2) is 0 Å². The Morgan fingerprint density at radius 3 is 2.95 bits per heavy atom. The average Bonchev–Trinajstić information content (AvgIpc) is 3.00. The lowest BCUT2D eigenvalue weighted by molar-refractivity contribution is 0.0947. The average molecular weight is 279 g/mol. The SMILES string of the molecule is NC(=NO)C(NC(=O)c1cc2c(s1)CCC2)C1CC1. The van der Waals surface area contributed by atoms with Crippen molar-refractivity contribution in [3.05, 3.63) is 21.4 Å². The fourth-order valence-corrected chi connectivity index (χ4v) is 3.74. The first-order valence-electron chi connectivity index (χ1n) is 6.59. The Bertz CT molecular complexity index is 512. The van der Waals surface area contributed by atoms with E-state index in [1.54, 1.807) is 11.3 Å². The molecule has 6 heteroatoms. The summed E-state index contributed by atoms with van der Waals surface area (Å²) in [7, 11) is 0. The Morgan fingerprint density at radius 1 is 1.53 bits per heavy atom. The standard InChI is InChI=1S/C13H17N3O2S/c14-12(16-18)11(7-4-5-7)15-13(17)10-6-8-2-1-3-9(8)19-10/h6-7,11,18H,1-5H2,(H2,14,16)(H,15,17). The summed E-state index contributed by atoms with van der Waals surface area (Å²) < 4.78 is 0. The summed E-state index contributed by atoms with van der Waals surface area (Å²) in [6.45, 7) is 0. The molecule has 0 aromatic carbocycles. The number of rotatable bonds is 4. The highest BCUT2D eigenvalue weighted by Gasteiger charge is 2.35. The molecular weight excluding hydrogens is 262 g/mol. The fourth-order valence-electron chi connectivity index (χ4n) is 2.58. The minimum Gasteiger partial charge on any atom is -0.409 e. The van der Waals surface area contributed by atoms with E-state index in [0.717, 1.165) is 30.6 Å². The van der Waals surface area contributed by atoms with Gasteiger partial charge in [-0.1, -0.05) is 5.16 Å². The quantitative estimate of drug-likeness (QED) is 0.338. The lowest BCUT2D eigenvalue weighted by atomic mass is 10.1. The van der Waals surface area contributed by atoms with E-state index in [4.69, 9.17) is 10.9 Å². The van der Waals surface area contributed by atoms with E-state index in [1.807, 2.05) is 6.07 Å². The van der Waals surface area contributed by atoms with Gasteiger partial charge in [-0.2, -0.15) is 0 Å². The number of nitrogens with zero attached hydrogens (tertiary/aromatic N) is 1. The third kappa shape index (κ3) is 2.45. The van der Waals surface area contributed by atoms with Crippen molar-refractivity contribution < 1.29 is 10.0 Å². The molecule has 1 fully saturated rings. The number of amidine groups is 1. The van der Waals surface area contributed by atoms with Crippen molar-refractivity contribution in [2.24, 2.45) is 16.8 Å². The normalized spacial score (nSPS) is 20.1. The number of carbonyl (C=O) groups is 1. The van der Waals surface area contributed by atoms with Gasteiger partial charge in [0.1, 0.15) is 0 Å². The first-order valence-corrected chi connectivity index (χ1v) is 7.40. The van der Waals surface area contributed by atoms with Crippen LogP contribution in [0.3, 0.4) is 0 Å². The van der Waals surface area contributed by atoms with Crippen LogP contribution >= 0.6 is 11.3 Å². The second kappa shape index (κ2) is 4.85. The van der Waals surface area contributed by atoms with Crippen LogP contribution in [0.4, 0.5) is 0 Å². The number of thiophene rings is 1. The first-order chi connectivity index (χ1) is 9.19. The second-order valence-electron chi connectivity index (χ2n) is 5.23. The van der Waals surface area contributed by atoms with Crippen molar-refractivity contribution in [3.63, 3.8) is 0 Å². The number of aryl methyl sites for hydroxylation is 2. The van der Waals surface area contributed by atoms with Gasteiger partial charge in [0, 0.05) is 4.88 Å². The van der Waals surface area contributed by atoms with Gasteiger partial charge in [-0.3, -0.25) is 4.79 Å². The molecule has 1 heterocycles. The van der Waals surface area contributed by atoms with Crippen LogP contribution in [0, 0.1) is 5.92 Å². The molecule has 0 bridgehead atoms. The highest BCUT2D eigenvalue weighted by molar-refractivity contribution is 7.14. The van der Waals surface area contributed by atoms with E-state index in [2.05, 4.69) is 10.5 Å². The highest BCUT2D eigenvalue weighted by Crippen LogP contribution is 2.34. The van der Waals surface area contributed by atoms with Crippen molar-refractivity contribution >= 4 is 23.1 Å².